The third-order valence-corrected chi connectivity index (χ3v) is 3.68. The summed E-state index contributed by atoms with van der Waals surface area (Å²) in [5.74, 6) is 1.59. The van der Waals surface area contributed by atoms with Gasteiger partial charge in [-0.2, -0.15) is 0 Å². The molecule has 0 aromatic carbocycles. The van der Waals surface area contributed by atoms with Gasteiger partial charge in [-0.1, -0.05) is 11.6 Å². The van der Waals surface area contributed by atoms with E-state index in [1.54, 1.807) is 12.3 Å². The van der Waals surface area contributed by atoms with Crippen molar-refractivity contribution in [3.05, 3.63) is 23.4 Å². The number of ether oxygens (including phenoxy) is 1. The van der Waals surface area contributed by atoms with Gasteiger partial charge in [0.05, 0.1) is 5.02 Å². The lowest BCUT2D eigenvalue weighted by molar-refractivity contribution is 0.0888. The third kappa shape index (κ3) is 2.15. The van der Waals surface area contributed by atoms with Crippen molar-refractivity contribution in [3.8, 4) is 5.88 Å². The average molecular weight is 239 g/mol. The molecule has 0 radical (unpaired) electrons. The predicted octanol–water partition coefficient (Wildman–Crippen LogP) is 2.25. The van der Waals surface area contributed by atoms with Crippen LogP contribution in [0.1, 0.15) is 19.3 Å². The van der Waals surface area contributed by atoms with E-state index in [-0.39, 0.29) is 0 Å². The van der Waals surface area contributed by atoms with Crippen molar-refractivity contribution in [1.29, 1.82) is 0 Å². The molecule has 3 nitrogen and oxygen atoms in total. The summed E-state index contributed by atoms with van der Waals surface area (Å²) in [6.07, 6.45) is 5.57. The first-order chi connectivity index (χ1) is 7.79. The number of piperidine rings is 2. The predicted molar refractivity (Wildman–Crippen MR) is 62.8 cm³/mol. The van der Waals surface area contributed by atoms with Gasteiger partial charge < -0.3 is 10.1 Å². The number of pyridine rings is 1. The second-order valence-electron chi connectivity index (χ2n) is 4.76. The number of hydrogen-bond acceptors (Lipinski definition) is 3. The molecule has 1 saturated carbocycles. The highest BCUT2D eigenvalue weighted by Gasteiger charge is 2.37. The second kappa shape index (κ2) is 4.22. The van der Waals surface area contributed by atoms with Crippen LogP contribution in [0.4, 0.5) is 0 Å². The molecule has 3 heterocycles. The molecular weight excluding hydrogens is 224 g/mol. The summed E-state index contributed by atoms with van der Waals surface area (Å²) in [7, 11) is 0. The minimum absolute atomic E-state index is 0.495. The van der Waals surface area contributed by atoms with Crippen LogP contribution in [0.5, 0.6) is 5.88 Å². The average Bonchev–Trinajstić information content (AvgIpc) is 2.28. The van der Waals surface area contributed by atoms with Crippen molar-refractivity contribution in [2.24, 2.45) is 5.92 Å². The summed E-state index contributed by atoms with van der Waals surface area (Å²) in [4.78, 5) is 4.11. The van der Waals surface area contributed by atoms with Crippen LogP contribution in [0, 0.1) is 5.92 Å². The Morgan fingerprint density at radius 3 is 2.88 bits per heavy atom. The Bertz CT molecular complexity index is 352. The molecule has 0 spiro atoms. The van der Waals surface area contributed by atoms with Gasteiger partial charge in [0.2, 0.25) is 5.88 Å². The van der Waals surface area contributed by atoms with Crippen LogP contribution in [0.3, 0.4) is 0 Å². The zero-order valence-electron chi connectivity index (χ0n) is 9.03. The fourth-order valence-electron chi connectivity index (χ4n) is 2.62. The van der Waals surface area contributed by atoms with E-state index < -0.39 is 0 Å². The number of rotatable bonds is 3. The van der Waals surface area contributed by atoms with Gasteiger partial charge in [-0.3, -0.25) is 0 Å². The van der Waals surface area contributed by atoms with Gasteiger partial charge in [-0.05, 0) is 31.2 Å². The smallest absolute Gasteiger partial charge is 0.213 e. The van der Waals surface area contributed by atoms with Gasteiger partial charge in [0.15, 0.2) is 0 Å². The van der Waals surface area contributed by atoms with E-state index in [0.717, 1.165) is 12.0 Å². The Kier molecular flexibility index (Phi) is 2.74. The summed E-state index contributed by atoms with van der Waals surface area (Å²) >= 11 is 5.76. The first-order valence-corrected chi connectivity index (χ1v) is 6.18. The highest BCUT2D eigenvalue weighted by molar-refractivity contribution is 6.30. The topological polar surface area (TPSA) is 34.1 Å². The summed E-state index contributed by atoms with van der Waals surface area (Å²) in [6, 6.07) is 4.85. The summed E-state index contributed by atoms with van der Waals surface area (Å²) < 4.78 is 5.64. The van der Waals surface area contributed by atoms with Crippen molar-refractivity contribution in [1.82, 2.24) is 10.3 Å². The zero-order valence-corrected chi connectivity index (χ0v) is 9.78. The van der Waals surface area contributed by atoms with E-state index in [4.69, 9.17) is 16.3 Å². The lowest BCUT2D eigenvalue weighted by Gasteiger charge is -2.46. The van der Waals surface area contributed by atoms with Crippen LogP contribution in [-0.2, 0) is 0 Å². The molecule has 1 aromatic heterocycles. The number of halogens is 1. The second-order valence-corrected chi connectivity index (χ2v) is 5.20. The minimum atomic E-state index is 0.495. The number of hydrogen-bond donors (Lipinski definition) is 1. The van der Waals surface area contributed by atoms with Crippen molar-refractivity contribution in [3.63, 3.8) is 0 Å². The maximum atomic E-state index is 5.76. The van der Waals surface area contributed by atoms with E-state index in [2.05, 4.69) is 10.3 Å². The Balaban J connectivity index is 1.51. The minimum Gasteiger partial charge on any atom is -0.476 e. The standard InChI is InChI=1S/C12H15ClN2O/c13-9-1-2-12(14-6-9)16-7-11-5-8-3-10(4-8)15-11/h1-2,6,8,10-11,15H,3-5,7H2. The molecule has 16 heavy (non-hydrogen) atoms. The molecule has 1 aromatic rings. The summed E-state index contributed by atoms with van der Waals surface area (Å²) in [6.45, 7) is 0.710. The van der Waals surface area contributed by atoms with E-state index in [0.29, 0.717) is 23.6 Å². The van der Waals surface area contributed by atoms with E-state index >= 15 is 0 Å². The van der Waals surface area contributed by atoms with E-state index in [1.807, 2.05) is 6.07 Å². The molecule has 1 unspecified atom stereocenters. The van der Waals surface area contributed by atoms with Crippen molar-refractivity contribution in [2.75, 3.05) is 6.61 Å². The number of aromatic nitrogens is 1. The maximum absolute atomic E-state index is 5.76. The number of nitrogens with zero attached hydrogens (tertiary/aromatic N) is 1. The zero-order chi connectivity index (χ0) is 11.0. The first kappa shape index (κ1) is 10.4. The fraction of sp³-hybridized carbons (Fsp3) is 0.583. The number of nitrogens with one attached hydrogen (secondary N) is 1. The van der Waals surface area contributed by atoms with E-state index in [9.17, 15) is 0 Å². The van der Waals surface area contributed by atoms with Crippen LogP contribution in [0.15, 0.2) is 18.3 Å². The van der Waals surface area contributed by atoms with E-state index in [1.165, 1.54) is 19.3 Å². The van der Waals surface area contributed by atoms with Crippen molar-refractivity contribution < 1.29 is 4.74 Å². The van der Waals surface area contributed by atoms with Crippen LogP contribution in [0.25, 0.3) is 0 Å². The van der Waals surface area contributed by atoms with Crippen molar-refractivity contribution in [2.45, 2.75) is 31.3 Å². The normalized spacial score (nSPS) is 31.9. The summed E-state index contributed by atoms with van der Waals surface area (Å²) in [5, 5.41) is 4.23. The maximum Gasteiger partial charge on any atom is 0.213 e. The molecule has 2 aliphatic heterocycles. The molecule has 1 aliphatic carbocycles. The highest BCUT2D eigenvalue weighted by Crippen LogP contribution is 2.36. The monoisotopic (exact) mass is 238 g/mol. The lowest BCUT2D eigenvalue weighted by Crippen LogP contribution is -2.55. The van der Waals surface area contributed by atoms with Crippen LogP contribution >= 0.6 is 11.6 Å². The van der Waals surface area contributed by atoms with Gasteiger partial charge in [0, 0.05) is 24.3 Å². The first-order valence-electron chi connectivity index (χ1n) is 5.80. The summed E-state index contributed by atoms with van der Waals surface area (Å²) in [5.41, 5.74) is 0. The quantitative estimate of drug-likeness (QED) is 0.877. The van der Waals surface area contributed by atoms with Crippen LogP contribution in [0.2, 0.25) is 5.02 Å². The Hall–Kier alpha value is -0.800. The van der Waals surface area contributed by atoms with Crippen LogP contribution in [-0.4, -0.2) is 23.7 Å². The molecular formula is C12H15ClN2O. The number of fused-ring (bicyclic) bond motifs is 2. The molecule has 0 amide bonds. The van der Waals surface area contributed by atoms with Crippen LogP contribution < -0.4 is 10.1 Å². The van der Waals surface area contributed by atoms with Gasteiger partial charge >= 0.3 is 0 Å². The highest BCUT2D eigenvalue weighted by atomic mass is 35.5. The molecule has 2 saturated heterocycles. The SMILES string of the molecule is Clc1ccc(OCC2CC3CC(C3)N2)nc1. The third-order valence-electron chi connectivity index (χ3n) is 3.46. The Morgan fingerprint density at radius 2 is 2.25 bits per heavy atom. The molecule has 3 fully saturated rings. The molecule has 1 atom stereocenters. The molecule has 86 valence electrons. The Morgan fingerprint density at radius 1 is 1.38 bits per heavy atom. The molecule has 2 bridgehead atoms. The lowest BCUT2D eigenvalue weighted by atomic mass is 9.72. The fourth-order valence-corrected chi connectivity index (χ4v) is 2.73. The Labute approximate surface area is 100 Å². The van der Waals surface area contributed by atoms with Gasteiger partial charge in [-0.25, -0.2) is 4.98 Å². The van der Waals surface area contributed by atoms with Gasteiger partial charge in [-0.15, -0.1) is 0 Å². The van der Waals surface area contributed by atoms with Gasteiger partial charge in [0.1, 0.15) is 6.61 Å². The van der Waals surface area contributed by atoms with Gasteiger partial charge in [0.25, 0.3) is 0 Å². The van der Waals surface area contributed by atoms with Crippen molar-refractivity contribution >= 4 is 11.6 Å². The molecule has 4 rings (SSSR count). The molecule has 4 heteroatoms. The molecule has 3 aliphatic rings. The largest absolute Gasteiger partial charge is 0.476 e. The molecule has 1 N–H and O–H groups in total.